The highest BCUT2D eigenvalue weighted by Gasteiger charge is 2.10. The molecular formula is C12H8ClFN4O. The van der Waals surface area contributed by atoms with E-state index in [1.54, 1.807) is 6.07 Å². The number of hydrogen-bond donors (Lipinski definition) is 1. The highest BCUT2D eigenvalue weighted by molar-refractivity contribution is 6.31. The van der Waals surface area contributed by atoms with Gasteiger partial charge in [-0.2, -0.15) is 5.10 Å². The first-order valence-electron chi connectivity index (χ1n) is 5.49. The largest absolute Gasteiger partial charge is 0.312 e. The van der Waals surface area contributed by atoms with Crippen LogP contribution in [0.25, 0.3) is 11.0 Å². The average Bonchev–Trinajstić information content (AvgIpc) is 2.78. The van der Waals surface area contributed by atoms with Crippen LogP contribution in [-0.2, 0) is 6.54 Å². The van der Waals surface area contributed by atoms with Crippen molar-refractivity contribution in [3.8, 4) is 0 Å². The number of aromatic amines is 1. The maximum absolute atomic E-state index is 13.7. The van der Waals surface area contributed by atoms with Gasteiger partial charge in [0.2, 0.25) is 0 Å². The van der Waals surface area contributed by atoms with Crippen LogP contribution in [0.1, 0.15) is 5.56 Å². The average molecular weight is 279 g/mol. The second-order valence-electron chi connectivity index (χ2n) is 4.00. The Kier molecular flexibility index (Phi) is 2.79. The van der Waals surface area contributed by atoms with Crippen molar-refractivity contribution >= 4 is 22.6 Å². The number of hydrogen-bond acceptors (Lipinski definition) is 3. The maximum atomic E-state index is 13.7. The molecule has 1 aromatic carbocycles. The summed E-state index contributed by atoms with van der Waals surface area (Å²) in [7, 11) is 0. The quantitative estimate of drug-likeness (QED) is 0.779. The van der Waals surface area contributed by atoms with E-state index in [0.29, 0.717) is 21.6 Å². The molecule has 96 valence electrons. The molecule has 0 radical (unpaired) electrons. The van der Waals surface area contributed by atoms with E-state index in [2.05, 4.69) is 15.1 Å². The molecule has 0 unspecified atom stereocenters. The molecular weight excluding hydrogens is 271 g/mol. The molecule has 0 saturated heterocycles. The van der Waals surface area contributed by atoms with Gasteiger partial charge < -0.3 is 4.98 Å². The van der Waals surface area contributed by atoms with Crippen molar-refractivity contribution in [1.82, 2.24) is 19.7 Å². The van der Waals surface area contributed by atoms with Crippen LogP contribution >= 0.6 is 11.6 Å². The summed E-state index contributed by atoms with van der Waals surface area (Å²) in [5, 5.41) is 4.79. The van der Waals surface area contributed by atoms with Gasteiger partial charge in [-0.05, 0) is 12.1 Å². The first kappa shape index (κ1) is 11.9. The van der Waals surface area contributed by atoms with Crippen molar-refractivity contribution in [2.45, 2.75) is 6.54 Å². The lowest BCUT2D eigenvalue weighted by Gasteiger charge is -2.05. The van der Waals surface area contributed by atoms with Crippen molar-refractivity contribution in [3.63, 3.8) is 0 Å². The van der Waals surface area contributed by atoms with Crippen LogP contribution in [-0.4, -0.2) is 19.7 Å². The standard InChI is InChI=1S/C12H8ClFN4O/c13-9-2-1-3-10(14)7(9)4-18-5-8-11(17-18)15-6-16-12(8)19/h1-3,5-6H,4H2,(H,15,16,17,19). The van der Waals surface area contributed by atoms with Gasteiger partial charge in [0, 0.05) is 16.8 Å². The fourth-order valence-electron chi connectivity index (χ4n) is 1.82. The molecule has 0 aliphatic heterocycles. The van der Waals surface area contributed by atoms with E-state index in [0.717, 1.165) is 0 Å². The van der Waals surface area contributed by atoms with E-state index in [9.17, 15) is 9.18 Å². The predicted molar refractivity (Wildman–Crippen MR) is 68.7 cm³/mol. The number of H-pyrrole nitrogens is 1. The monoisotopic (exact) mass is 278 g/mol. The molecule has 3 rings (SSSR count). The van der Waals surface area contributed by atoms with Crippen LogP contribution in [0.5, 0.6) is 0 Å². The van der Waals surface area contributed by atoms with Gasteiger partial charge in [0.05, 0.1) is 12.9 Å². The number of nitrogens with zero attached hydrogens (tertiary/aromatic N) is 3. The molecule has 19 heavy (non-hydrogen) atoms. The predicted octanol–water partition coefficient (Wildman–Crippen LogP) is 1.96. The summed E-state index contributed by atoms with van der Waals surface area (Å²) < 4.78 is 15.1. The SMILES string of the molecule is O=c1[nH]cnc2nn(Cc3c(F)cccc3Cl)cc12. The lowest BCUT2D eigenvalue weighted by molar-refractivity contribution is 0.586. The Morgan fingerprint density at radius 1 is 1.42 bits per heavy atom. The van der Waals surface area contributed by atoms with Crippen molar-refractivity contribution in [2.75, 3.05) is 0 Å². The molecule has 0 aliphatic carbocycles. The zero-order valence-corrected chi connectivity index (χ0v) is 10.4. The Bertz CT molecular complexity index is 791. The van der Waals surface area contributed by atoms with Crippen LogP contribution in [0.15, 0.2) is 35.5 Å². The molecule has 5 nitrogen and oxygen atoms in total. The van der Waals surface area contributed by atoms with Crippen LogP contribution in [0.3, 0.4) is 0 Å². The molecule has 1 N–H and O–H groups in total. The normalized spacial score (nSPS) is 11.1. The number of nitrogens with one attached hydrogen (secondary N) is 1. The molecule has 0 fully saturated rings. The third-order valence-electron chi connectivity index (χ3n) is 2.75. The number of rotatable bonds is 2. The van der Waals surface area contributed by atoms with Crippen molar-refractivity contribution in [2.24, 2.45) is 0 Å². The van der Waals surface area contributed by atoms with Crippen LogP contribution in [0, 0.1) is 5.82 Å². The second kappa shape index (κ2) is 4.47. The van der Waals surface area contributed by atoms with E-state index in [4.69, 9.17) is 11.6 Å². The van der Waals surface area contributed by atoms with Gasteiger partial charge in [-0.3, -0.25) is 9.48 Å². The topological polar surface area (TPSA) is 63.6 Å². The molecule has 0 spiro atoms. The minimum absolute atomic E-state index is 0.140. The van der Waals surface area contributed by atoms with Gasteiger partial charge in [-0.15, -0.1) is 0 Å². The van der Waals surface area contributed by atoms with Gasteiger partial charge in [0.25, 0.3) is 5.56 Å². The first-order chi connectivity index (χ1) is 9.15. The number of halogens is 2. The molecule has 2 aromatic heterocycles. The lowest BCUT2D eigenvalue weighted by atomic mass is 10.2. The Hall–Kier alpha value is -2.21. The lowest BCUT2D eigenvalue weighted by Crippen LogP contribution is -2.04. The molecule has 0 saturated carbocycles. The van der Waals surface area contributed by atoms with E-state index in [1.807, 2.05) is 0 Å². The molecule has 3 aromatic rings. The zero-order valence-electron chi connectivity index (χ0n) is 9.60. The fourth-order valence-corrected chi connectivity index (χ4v) is 2.05. The highest BCUT2D eigenvalue weighted by Crippen LogP contribution is 2.20. The summed E-state index contributed by atoms with van der Waals surface area (Å²) in [5.41, 5.74) is 0.362. The Morgan fingerprint density at radius 3 is 3.00 bits per heavy atom. The number of fused-ring (bicyclic) bond motifs is 1. The van der Waals surface area contributed by atoms with Gasteiger partial charge in [-0.1, -0.05) is 17.7 Å². The summed E-state index contributed by atoms with van der Waals surface area (Å²) in [5.74, 6) is -0.408. The third kappa shape index (κ3) is 2.10. The van der Waals surface area contributed by atoms with Crippen LogP contribution in [0.2, 0.25) is 5.02 Å². The van der Waals surface area contributed by atoms with Crippen molar-refractivity contribution in [3.05, 3.63) is 57.5 Å². The van der Waals surface area contributed by atoms with E-state index in [1.165, 1.54) is 29.3 Å². The summed E-state index contributed by atoms with van der Waals surface area (Å²) in [4.78, 5) is 17.9. The first-order valence-corrected chi connectivity index (χ1v) is 5.86. The number of aromatic nitrogens is 4. The van der Waals surface area contributed by atoms with Gasteiger partial charge >= 0.3 is 0 Å². The van der Waals surface area contributed by atoms with Gasteiger partial charge in [0.1, 0.15) is 11.2 Å². The van der Waals surface area contributed by atoms with Crippen LogP contribution < -0.4 is 5.56 Å². The molecule has 0 aliphatic rings. The summed E-state index contributed by atoms with van der Waals surface area (Å²) in [6.07, 6.45) is 2.79. The minimum atomic E-state index is -0.408. The third-order valence-corrected chi connectivity index (χ3v) is 3.11. The van der Waals surface area contributed by atoms with Crippen LogP contribution in [0.4, 0.5) is 4.39 Å². The van der Waals surface area contributed by atoms with Crippen molar-refractivity contribution in [1.29, 1.82) is 0 Å². The van der Waals surface area contributed by atoms with E-state index < -0.39 is 5.82 Å². The number of benzene rings is 1. The molecule has 2 heterocycles. The zero-order chi connectivity index (χ0) is 13.4. The Morgan fingerprint density at radius 2 is 2.26 bits per heavy atom. The summed E-state index contributed by atoms with van der Waals surface area (Å²) in [6.45, 7) is 0.140. The van der Waals surface area contributed by atoms with E-state index in [-0.39, 0.29) is 12.1 Å². The fraction of sp³-hybridized carbons (Fsp3) is 0.0833. The van der Waals surface area contributed by atoms with Gasteiger partial charge in [-0.25, -0.2) is 9.37 Å². The van der Waals surface area contributed by atoms with Gasteiger partial charge in [0.15, 0.2) is 5.65 Å². The minimum Gasteiger partial charge on any atom is -0.312 e. The molecule has 0 atom stereocenters. The Labute approximate surface area is 111 Å². The van der Waals surface area contributed by atoms with E-state index >= 15 is 0 Å². The highest BCUT2D eigenvalue weighted by atomic mass is 35.5. The maximum Gasteiger partial charge on any atom is 0.261 e. The Balaban J connectivity index is 2.07. The van der Waals surface area contributed by atoms with Crippen molar-refractivity contribution < 1.29 is 4.39 Å². The molecule has 0 amide bonds. The molecule has 0 bridgehead atoms. The second-order valence-corrected chi connectivity index (χ2v) is 4.40. The summed E-state index contributed by atoms with van der Waals surface area (Å²) in [6, 6.07) is 4.47. The molecule has 7 heteroatoms. The smallest absolute Gasteiger partial charge is 0.261 e. The summed E-state index contributed by atoms with van der Waals surface area (Å²) >= 11 is 5.94.